The Hall–Kier alpha value is -2.04. The van der Waals surface area contributed by atoms with Crippen LogP contribution in [-0.4, -0.2) is 24.9 Å². The molecule has 2 rings (SSSR count). The third-order valence-electron chi connectivity index (χ3n) is 4.52. The van der Waals surface area contributed by atoms with E-state index in [-0.39, 0.29) is 11.8 Å². The van der Waals surface area contributed by atoms with E-state index in [0.717, 1.165) is 31.6 Å². The molecule has 0 aromatic heterocycles. The highest BCUT2D eigenvalue weighted by molar-refractivity contribution is 5.95. The van der Waals surface area contributed by atoms with Crippen molar-refractivity contribution < 1.29 is 9.59 Å². The summed E-state index contributed by atoms with van der Waals surface area (Å²) in [5, 5.41) is 0. The molecule has 0 atom stereocenters. The maximum Gasteiger partial charge on any atom is 0.269 e. The minimum absolute atomic E-state index is 0.106. The number of carbonyl (C=O) groups is 2. The Bertz CT molecular complexity index is 518. The van der Waals surface area contributed by atoms with Crippen molar-refractivity contribution in [2.45, 2.75) is 46.0 Å². The van der Waals surface area contributed by atoms with Gasteiger partial charge in [0.1, 0.15) is 0 Å². The summed E-state index contributed by atoms with van der Waals surface area (Å²) >= 11 is 0. The molecule has 1 saturated carbocycles. The Morgan fingerprint density at radius 2 is 1.65 bits per heavy atom. The largest absolute Gasteiger partial charge is 0.372 e. The molecule has 5 nitrogen and oxygen atoms in total. The Balaban J connectivity index is 1.81. The number of hydrogen-bond donors (Lipinski definition) is 2. The fourth-order valence-corrected chi connectivity index (χ4v) is 3.14. The Kier molecular flexibility index (Phi) is 6.44. The van der Waals surface area contributed by atoms with E-state index in [9.17, 15) is 9.59 Å². The van der Waals surface area contributed by atoms with Crippen LogP contribution in [0.5, 0.6) is 0 Å². The van der Waals surface area contributed by atoms with E-state index >= 15 is 0 Å². The van der Waals surface area contributed by atoms with Crippen LogP contribution in [0, 0.1) is 5.92 Å². The lowest BCUT2D eigenvalue weighted by atomic mass is 10.0. The van der Waals surface area contributed by atoms with E-state index < -0.39 is 0 Å². The van der Waals surface area contributed by atoms with Gasteiger partial charge in [-0.1, -0.05) is 12.8 Å². The first-order valence-corrected chi connectivity index (χ1v) is 8.58. The van der Waals surface area contributed by atoms with Gasteiger partial charge in [-0.05, 0) is 56.9 Å². The average molecular weight is 317 g/mol. The zero-order valence-electron chi connectivity index (χ0n) is 14.1. The lowest BCUT2D eigenvalue weighted by Gasteiger charge is -2.21. The van der Waals surface area contributed by atoms with Crippen molar-refractivity contribution in [2.75, 3.05) is 18.0 Å². The predicted molar refractivity (Wildman–Crippen MR) is 92.2 cm³/mol. The monoisotopic (exact) mass is 317 g/mol. The average Bonchev–Trinajstić information content (AvgIpc) is 3.07. The van der Waals surface area contributed by atoms with Gasteiger partial charge >= 0.3 is 0 Å². The van der Waals surface area contributed by atoms with Crippen LogP contribution in [-0.2, 0) is 4.79 Å². The molecule has 1 aromatic rings. The number of rotatable bonds is 6. The molecule has 0 aliphatic heterocycles. The van der Waals surface area contributed by atoms with Crippen LogP contribution in [0.25, 0.3) is 0 Å². The van der Waals surface area contributed by atoms with Gasteiger partial charge in [-0.15, -0.1) is 0 Å². The summed E-state index contributed by atoms with van der Waals surface area (Å²) in [5.74, 6) is 0.0844. The first kappa shape index (κ1) is 17.3. The van der Waals surface area contributed by atoms with Gasteiger partial charge < -0.3 is 4.90 Å². The van der Waals surface area contributed by atoms with Crippen LogP contribution in [0.4, 0.5) is 5.69 Å². The molecule has 126 valence electrons. The molecule has 23 heavy (non-hydrogen) atoms. The molecule has 0 bridgehead atoms. The van der Waals surface area contributed by atoms with Crippen molar-refractivity contribution in [3.05, 3.63) is 29.8 Å². The zero-order valence-corrected chi connectivity index (χ0v) is 14.1. The highest BCUT2D eigenvalue weighted by Crippen LogP contribution is 2.27. The molecular formula is C18H27N3O2. The number of benzene rings is 1. The van der Waals surface area contributed by atoms with Gasteiger partial charge in [-0.3, -0.25) is 20.4 Å². The van der Waals surface area contributed by atoms with Crippen LogP contribution < -0.4 is 15.8 Å². The summed E-state index contributed by atoms with van der Waals surface area (Å²) < 4.78 is 0. The molecule has 2 N–H and O–H groups in total. The second-order valence-corrected chi connectivity index (χ2v) is 6.08. The van der Waals surface area contributed by atoms with Crippen molar-refractivity contribution in [2.24, 2.45) is 5.92 Å². The third kappa shape index (κ3) is 4.98. The number of carbonyl (C=O) groups excluding carboxylic acids is 2. The Labute approximate surface area is 138 Å². The number of anilines is 1. The Morgan fingerprint density at radius 3 is 2.22 bits per heavy atom. The first-order chi connectivity index (χ1) is 11.1. The minimum atomic E-state index is -0.282. The highest BCUT2D eigenvalue weighted by atomic mass is 16.2. The number of hydrazine groups is 1. The van der Waals surface area contributed by atoms with Crippen LogP contribution in [0.3, 0.4) is 0 Å². The van der Waals surface area contributed by atoms with Crippen molar-refractivity contribution in [1.29, 1.82) is 0 Å². The van der Waals surface area contributed by atoms with Crippen LogP contribution in [0.15, 0.2) is 24.3 Å². The van der Waals surface area contributed by atoms with E-state index in [2.05, 4.69) is 29.6 Å². The van der Waals surface area contributed by atoms with Crippen molar-refractivity contribution in [1.82, 2.24) is 10.9 Å². The molecule has 0 radical (unpaired) electrons. The molecule has 0 unspecified atom stereocenters. The maximum atomic E-state index is 12.1. The maximum absolute atomic E-state index is 12.1. The van der Waals surface area contributed by atoms with Gasteiger partial charge in [0.2, 0.25) is 5.91 Å². The molecule has 1 fully saturated rings. The fraction of sp³-hybridized carbons (Fsp3) is 0.556. The number of nitrogens with zero attached hydrogens (tertiary/aromatic N) is 1. The van der Waals surface area contributed by atoms with E-state index in [1.165, 1.54) is 12.8 Å². The Morgan fingerprint density at radius 1 is 1.04 bits per heavy atom. The van der Waals surface area contributed by atoms with Gasteiger partial charge in [-0.2, -0.15) is 0 Å². The standard InChI is InChI=1S/C18H27N3O2/c1-3-21(4-2)16-11-9-15(10-12-16)18(23)20-19-17(22)13-14-7-5-6-8-14/h9-12,14H,3-8,13H2,1-2H3,(H,19,22)(H,20,23). The summed E-state index contributed by atoms with van der Waals surface area (Å²) in [7, 11) is 0. The van der Waals surface area contributed by atoms with Gasteiger partial charge in [0.25, 0.3) is 5.91 Å². The summed E-state index contributed by atoms with van der Waals surface area (Å²) in [6.07, 6.45) is 5.16. The van der Waals surface area contributed by atoms with E-state index in [4.69, 9.17) is 0 Å². The topological polar surface area (TPSA) is 61.4 Å². The SMILES string of the molecule is CCN(CC)c1ccc(C(=O)NNC(=O)CC2CCCC2)cc1. The van der Waals surface area contributed by atoms with Crippen LogP contribution >= 0.6 is 0 Å². The van der Waals surface area contributed by atoms with E-state index in [0.29, 0.717) is 17.9 Å². The van der Waals surface area contributed by atoms with Crippen LogP contribution in [0.2, 0.25) is 0 Å². The molecule has 2 amide bonds. The van der Waals surface area contributed by atoms with Crippen molar-refractivity contribution in [3.63, 3.8) is 0 Å². The van der Waals surface area contributed by atoms with Gasteiger partial charge in [0.15, 0.2) is 0 Å². The predicted octanol–water partition coefficient (Wildman–Crippen LogP) is 2.87. The first-order valence-electron chi connectivity index (χ1n) is 8.58. The molecule has 0 heterocycles. The molecule has 1 aliphatic carbocycles. The van der Waals surface area contributed by atoms with E-state index in [1.807, 2.05) is 12.1 Å². The number of nitrogens with one attached hydrogen (secondary N) is 2. The second-order valence-electron chi connectivity index (χ2n) is 6.08. The molecule has 0 spiro atoms. The lowest BCUT2D eigenvalue weighted by molar-refractivity contribution is -0.122. The lowest BCUT2D eigenvalue weighted by Crippen LogP contribution is -2.42. The second kappa shape index (κ2) is 8.56. The smallest absolute Gasteiger partial charge is 0.269 e. The highest BCUT2D eigenvalue weighted by Gasteiger charge is 2.18. The van der Waals surface area contributed by atoms with E-state index in [1.54, 1.807) is 12.1 Å². The van der Waals surface area contributed by atoms with Crippen LogP contribution in [0.1, 0.15) is 56.3 Å². The summed E-state index contributed by atoms with van der Waals surface area (Å²) in [5.41, 5.74) is 6.65. The fourth-order valence-electron chi connectivity index (χ4n) is 3.14. The summed E-state index contributed by atoms with van der Waals surface area (Å²) in [6.45, 7) is 6.06. The number of hydrogen-bond acceptors (Lipinski definition) is 3. The number of amides is 2. The van der Waals surface area contributed by atoms with Crippen molar-refractivity contribution >= 4 is 17.5 Å². The molecule has 1 aromatic carbocycles. The zero-order chi connectivity index (χ0) is 16.7. The molecule has 0 saturated heterocycles. The van der Waals surface area contributed by atoms with Gasteiger partial charge in [0.05, 0.1) is 0 Å². The molecule has 1 aliphatic rings. The third-order valence-corrected chi connectivity index (χ3v) is 4.52. The molecule has 5 heteroatoms. The quantitative estimate of drug-likeness (QED) is 0.793. The summed E-state index contributed by atoms with van der Waals surface area (Å²) in [4.78, 5) is 26.1. The van der Waals surface area contributed by atoms with Crippen molar-refractivity contribution in [3.8, 4) is 0 Å². The summed E-state index contributed by atoms with van der Waals surface area (Å²) in [6, 6.07) is 7.43. The van der Waals surface area contributed by atoms with Gasteiger partial charge in [0, 0.05) is 30.8 Å². The minimum Gasteiger partial charge on any atom is -0.372 e. The van der Waals surface area contributed by atoms with Gasteiger partial charge in [-0.25, -0.2) is 0 Å². The normalized spacial score (nSPS) is 14.5. The molecular weight excluding hydrogens is 290 g/mol.